The molecule has 4 nitrogen and oxygen atoms in total. The summed E-state index contributed by atoms with van der Waals surface area (Å²) in [6.45, 7) is 7.39. The van der Waals surface area contributed by atoms with E-state index in [1.807, 2.05) is 13.8 Å². The molecule has 0 radical (unpaired) electrons. The van der Waals surface area contributed by atoms with Gasteiger partial charge < -0.3 is 15.4 Å². The molecule has 1 saturated heterocycles. The van der Waals surface area contributed by atoms with Crippen molar-refractivity contribution in [3.05, 3.63) is 0 Å². The molecule has 1 aliphatic heterocycles. The van der Waals surface area contributed by atoms with Crippen LogP contribution in [-0.2, 0) is 9.53 Å². The molecule has 0 aromatic heterocycles. The van der Waals surface area contributed by atoms with Gasteiger partial charge in [-0.15, -0.1) is 0 Å². The molecule has 0 aromatic rings. The van der Waals surface area contributed by atoms with Gasteiger partial charge in [0, 0.05) is 12.1 Å². The molecule has 4 heteroatoms. The average molecular weight is 228 g/mol. The van der Waals surface area contributed by atoms with Crippen molar-refractivity contribution in [1.82, 2.24) is 10.6 Å². The van der Waals surface area contributed by atoms with Crippen molar-refractivity contribution in [2.24, 2.45) is 0 Å². The van der Waals surface area contributed by atoms with Crippen molar-refractivity contribution in [2.45, 2.75) is 58.2 Å². The zero-order valence-electron chi connectivity index (χ0n) is 10.6. The number of nitrogens with one attached hydrogen (secondary N) is 2. The van der Waals surface area contributed by atoms with E-state index in [-0.39, 0.29) is 12.0 Å². The van der Waals surface area contributed by atoms with Crippen molar-refractivity contribution >= 4 is 5.97 Å². The number of hydrogen-bond donors (Lipinski definition) is 2. The van der Waals surface area contributed by atoms with Gasteiger partial charge in [-0.25, -0.2) is 0 Å². The molecule has 0 bridgehead atoms. The number of hydrogen-bond acceptors (Lipinski definition) is 4. The van der Waals surface area contributed by atoms with Crippen molar-refractivity contribution in [3.63, 3.8) is 0 Å². The van der Waals surface area contributed by atoms with Crippen LogP contribution in [0.3, 0.4) is 0 Å². The summed E-state index contributed by atoms with van der Waals surface area (Å²) >= 11 is 0. The van der Waals surface area contributed by atoms with E-state index in [9.17, 15) is 4.79 Å². The van der Waals surface area contributed by atoms with Crippen LogP contribution in [0.4, 0.5) is 0 Å². The zero-order chi connectivity index (χ0) is 12.0. The molecule has 0 saturated carbocycles. The van der Waals surface area contributed by atoms with E-state index in [4.69, 9.17) is 4.74 Å². The van der Waals surface area contributed by atoms with Crippen molar-refractivity contribution < 1.29 is 9.53 Å². The smallest absolute Gasteiger partial charge is 0.322 e. The van der Waals surface area contributed by atoms with E-state index < -0.39 is 0 Å². The molecule has 2 N–H and O–H groups in total. The van der Waals surface area contributed by atoms with Gasteiger partial charge in [0.15, 0.2) is 0 Å². The van der Waals surface area contributed by atoms with Crippen molar-refractivity contribution in [1.29, 1.82) is 0 Å². The van der Waals surface area contributed by atoms with Crippen LogP contribution in [0.15, 0.2) is 0 Å². The topological polar surface area (TPSA) is 50.4 Å². The summed E-state index contributed by atoms with van der Waals surface area (Å²) in [5, 5.41) is 6.74. The van der Waals surface area contributed by atoms with E-state index in [2.05, 4.69) is 17.6 Å². The molecule has 1 aliphatic rings. The lowest BCUT2D eigenvalue weighted by atomic mass is 10.1. The Labute approximate surface area is 98.1 Å². The standard InChI is InChI=1S/C12H24N2O2/c1-4-16-12(15)10(3)14-9(2)8-11-6-5-7-13-11/h9-11,13-14H,4-8H2,1-3H3. The lowest BCUT2D eigenvalue weighted by Crippen LogP contribution is -2.43. The van der Waals surface area contributed by atoms with Gasteiger partial charge in [-0.2, -0.15) is 0 Å². The molecule has 0 spiro atoms. The van der Waals surface area contributed by atoms with Gasteiger partial charge in [-0.05, 0) is 46.6 Å². The van der Waals surface area contributed by atoms with Gasteiger partial charge in [0.1, 0.15) is 6.04 Å². The molecule has 3 atom stereocenters. The van der Waals surface area contributed by atoms with Crippen LogP contribution in [0.5, 0.6) is 0 Å². The third-order valence-electron chi connectivity index (χ3n) is 2.98. The van der Waals surface area contributed by atoms with Gasteiger partial charge in [0.2, 0.25) is 0 Å². The molecule has 0 amide bonds. The summed E-state index contributed by atoms with van der Waals surface area (Å²) in [5.74, 6) is -0.159. The first-order valence-corrected chi connectivity index (χ1v) is 6.29. The Balaban J connectivity index is 2.21. The van der Waals surface area contributed by atoms with Crippen molar-refractivity contribution in [3.8, 4) is 0 Å². The second-order valence-corrected chi connectivity index (χ2v) is 4.57. The van der Waals surface area contributed by atoms with E-state index >= 15 is 0 Å². The number of carbonyl (C=O) groups excluding carboxylic acids is 1. The first-order chi connectivity index (χ1) is 7.63. The summed E-state index contributed by atoms with van der Waals surface area (Å²) in [6, 6.07) is 0.739. The fourth-order valence-electron chi connectivity index (χ4n) is 2.21. The third-order valence-corrected chi connectivity index (χ3v) is 2.98. The quantitative estimate of drug-likeness (QED) is 0.667. The van der Waals surface area contributed by atoms with Gasteiger partial charge >= 0.3 is 5.97 Å². The highest BCUT2D eigenvalue weighted by Gasteiger charge is 2.20. The molecule has 0 aliphatic carbocycles. The van der Waals surface area contributed by atoms with Crippen LogP contribution >= 0.6 is 0 Å². The Morgan fingerprint density at radius 2 is 2.31 bits per heavy atom. The minimum atomic E-state index is -0.212. The minimum absolute atomic E-state index is 0.159. The maximum absolute atomic E-state index is 11.4. The normalized spacial score (nSPS) is 24.1. The Hall–Kier alpha value is -0.610. The number of esters is 1. The third kappa shape index (κ3) is 4.49. The molecule has 1 heterocycles. The van der Waals surface area contributed by atoms with Crippen LogP contribution in [0.2, 0.25) is 0 Å². The average Bonchev–Trinajstić information content (AvgIpc) is 2.70. The van der Waals surface area contributed by atoms with Gasteiger partial charge in [-0.3, -0.25) is 4.79 Å². The fourth-order valence-corrected chi connectivity index (χ4v) is 2.21. The molecule has 1 fully saturated rings. The highest BCUT2D eigenvalue weighted by atomic mass is 16.5. The second-order valence-electron chi connectivity index (χ2n) is 4.57. The molecule has 94 valence electrons. The molecule has 1 rings (SSSR count). The molecular weight excluding hydrogens is 204 g/mol. The van der Waals surface area contributed by atoms with E-state index in [0.717, 1.165) is 13.0 Å². The lowest BCUT2D eigenvalue weighted by Gasteiger charge is -2.21. The minimum Gasteiger partial charge on any atom is -0.465 e. The van der Waals surface area contributed by atoms with Gasteiger partial charge in [-0.1, -0.05) is 0 Å². The van der Waals surface area contributed by atoms with Crippen LogP contribution in [-0.4, -0.2) is 37.2 Å². The van der Waals surface area contributed by atoms with Gasteiger partial charge in [0.25, 0.3) is 0 Å². The Kier molecular flexibility index (Phi) is 5.77. The first-order valence-electron chi connectivity index (χ1n) is 6.29. The lowest BCUT2D eigenvalue weighted by molar-refractivity contribution is -0.145. The highest BCUT2D eigenvalue weighted by Crippen LogP contribution is 2.11. The second kappa shape index (κ2) is 6.86. The number of ether oxygens (including phenoxy) is 1. The van der Waals surface area contributed by atoms with Crippen LogP contribution in [0.1, 0.15) is 40.0 Å². The zero-order valence-corrected chi connectivity index (χ0v) is 10.6. The Morgan fingerprint density at radius 1 is 1.56 bits per heavy atom. The maximum atomic E-state index is 11.4. The van der Waals surface area contributed by atoms with E-state index in [1.165, 1.54) is 12.8 Å². The van der Waals surface area contributed by atoms with Crippen LogP contribution in [0, 0.1) is 0 Å². The fraction of sp³-hybridized carbons (Fsp3) is 0.917. The van der Waals surface area contributed by atoms with Crippen molar-refractivity contribution in [2.75, 3.05) is 13.2 Å². The Morgan fingerprint density at radius 3 is 2.88 bits per heavy atom. The van der Waals surface area contributed by atoms with Crippen LogP contribution < -0.4 is 10.6 Å². The first kappa shape index (κ1) is 13.5. The molecule has 3 unspecified atom stereocenters. The van der Waals surface area contributed by atoms with E-state index in [0.29, 0.717) is 18.7 Å². The SMILES string of the molecule is CCOC(=O)C(C)NC(C)CC1CCCN1. The summed E-state index contributed by atoms with van der Waals surface area (Å²) in [7, 11) is 0. The molecule has 0 aromatic carbocycles. The predicted octanol–water partition coefficient (Wildman–Crippen LogP) is 1.06. The summed E-state index contributed by atoms with van der Waals surface area (Å²) < 4.78 is 4.96. The predicted molar refractivity (Wildman–Crippen MR) is 64.3 cm³/mol. The maximum Gasteiger partial charge on any atom is 0.322 e. The summed E-state index contributed by atoms with van der Waals surface area (Å²) in [5.41, 5.74) is 0. The molecule has 16 heavy (non-hydrogen) atoms. The summed E-state index contributed by atoms with van der Waals surface area (Å²) in [6.07, 6.45) is 3.59. The van der Waals surface area contributed by atoms with Crippen LogP contribution in [0.25, 0.3) is 0 Å². The van der Waals surface area contributed by atoms with E-state index in [1.54, 1.807) is 0 Å². The largest absolute Gasteiger partial charge is 0.465 e. The number of carbonyl (C=O) groups is 1. The molecular formula is C12H24N2O2. The number of rotatable bonds is 6. The van der Waals surface area contributed by atoms with Gasteiger partial charge in [0.05, 0.1) is 6.61 Å². The monoisotopic (exact) mass is 228 g/mol. The highest BCUT2D eigenvalue weighted by molar-refractivity contribution is 5.75. The summed E-state index contributed by atoms with van der Waals surface area (Å²) in [4.78, 5) is 11.4. The Bertz CT molecular complexity index is 215.